The molecule has 3 nitrogen and oxygen atoms in total. The number of carbonyl (C=O) groups excluding carboxylic acids is 1. The van der Waals surface area contributed by atoms with Crippen LogP contribution in [0.15, 0.2) is 0 Å². The molecule has 0 aromatic heterocycles. The second kappa shape index (κ2) is 2.73. The van der Waals surface area contributed by atoms with Crippen LogP contribution < -0.4 is 0 Å². The Kier molecular flexibility index (Phi) is 1.83. The minimum Gasteiger partial charge on any atom is -0.463 e. The third kappa shape index (κ3) is 1.04. The second-order valence-electron chi connectivity index (χ2n) is 3.93. The predicted octanol–water partition coefficient (Wildman–Crippen LogP) is 0.855. The molecular weight excluding hydrogens is 156 g/mol. The van der Waals surface area contributed by atoms with Gasteiger partial charge in [0.25, 0.3) is 0 Å². The molecule has 0 amide bonds. The predicted molar refractivity (Wildman–Crippen MR) is 42.5 cm³/mol. The highest BCUT2D eigenvalue weighted by Crippen LogP contribution is 2.43. The number of hydrogen-bond donors (Lipinski definition) is 1. The van der Waals surface area contributed by atoms with Crippen molar-refractivity contribution in [3.8, 4) is 0 Å². The highest BCUT2D eigenvalue weighted by Gasteiger charge is 2.49. The molecule has 0 radical (unpaired) electrons. The van der Waals surface area contributed by atoms with Gasteiger partial charge in [-0.15, -0.1) is 0 Å². The maximum absolute atomic E-state index is 11.0. The molecule has 0 unspecified atom stereocenters. The van der Waals surface area contributed by atoms with Crippen LogP contribution in [0.3, 0.4) is 0 Å². The molecule has 1 saturated carbocycles. The lowest BCUT2D eigenvalue weighted by Gasteiger charge is -2.32. The van der Waals surface area contributed by atoms with Crippen LogP contribution in [0, 0.1) is 5.41 Å². The largest absolute Gasteiger partial charge is 0.463 e. The zero-order valence-corrected chi connectivity index (χ0v) is 7.08. The molecule has 2 fully saturated rings. The van der Waals surface area contributed by atoms with Crippen molar-refractivity contribution in [1.82, 2.24) is 0 Å². The van der Waals surface area contributed by atoms with E-state index in [1.807, 2.05) is 0 Å². The maximum Gasteiger partial charge on any atom is 0.335 e. The lowest BCUT2D eigenvalue weighted by atomic mass is 9.72. The Balaban J connectivity index is 2.14. The minimum absolute atomic E-state index is 0.213. The molecule has 1 saturated heterocycles. The van der Waals surface area contributed by atoms with E-state index in [0.717, 1.165) is 25.7 Å². The van der Waals surface area contributed by atoms with Gasteiger partial charge in [-0.25, -0.2) is 4.79 Å². The molecular formula is C9H14O3. The van der Waals surface area contributed by atoms with Crippen molar-refractivity contribution in [2.45, 2.75) is 38.2 Å². The van der Waals surface area contributed by atoms with Gasteiger partial charge in [0, 0.05) is 5.41 Å². The average Bonchev–Trinajstić information content (AvgIpc) is 2.37. The third-order valence-electron chi connectivity index (χ3n) is 3.15. The molecule has 0 aromatic rings. The molecule has 1 heterocycles. The van der Waals surface area contributed by atoms with Crippen molar-refractivity contribution in [2.24, 2.45) is 5.41 Å². The third-order valence-corrected chi connectivity index (χ3v) is 3.15. The Morgan fingerprint density at radius 1 is 1.33 bits per heavy atom. The number of aliphatic hydroxyl groups is 1. The number of esters is 1. The first-order valence-corrected chi connectivity index (χ1v) is 4.59. The van der Waals surface area contributed by atoms with Crippen molar-refractivity contribution in [2.75, 3.05) is 6.61 Å². The fourth-order valence-corrected chi connectivity index (χ4v) is 2.30. The van der Waals surface area contributed by atoms with E-state index in [2.05, 4.69) is 0 Å². The zero-order chi connectivity index (χ0) is 8.60. The SMILES string of the molecule is O=C1OCC2(CCCCC2)[C@H]1O. The van der Waals surface area contributed by atoms with Crippen molar-refractivity contribution >= 4 is 5.97 Å². The van der Waals surface area contributed by atoms with Crippen molar-refractivity contribution < 1.29 is 14.6 Å². The summed E-state index contributed by atoms with van der Waals surface area (Å²) in [5.74, 6) is -0.420. The zero-order valence-electron chi connectivity index (χ0n) is 7.08. The van der Waals surface area contributed by atoms with E-state index in [4.69, 9.17) is 4.74 Å². The highest BCUT2D eigenvalue weighted by atomic mass is 16.6. The fraction of sp³-hybridized carbons (Fsp3) is 0.889. The van der Waals surface area contributed by atoms with E-state index in [1.54, 1.807) is 0 Å². The molecule has 68 valence electrons. The number of ether oxygens (including phenoxy) is 1. The molecule has 2 aliphatic rings. The number of carbonyl (C=O) groups is 1. The van der Waals surface area contributed by atoms with E-state index < -0.39 is 12.1 Å². The number of rotatable bonds is 0. The van der Waals surface area contributed by atoms with Gasteiger partial charge in [0.15, 0.2) is 6.10 Å². The van der Waals surface area contributed by atoms with Gasteiger partial charge < -0.3 is 9.84 Å². The second-order valence-corrected chi connectivity index (χ2v) is 3.93. The number of hydrogen-bond acceptors (Lipinski definition) is 3. The molecule has 1 aliphatic heterocycles. The Morgan fingerprint density at radius 3 is 2.50 bits per heavy atom. The molecule has 0 aromatic carbocycles. The summed E-state index contributed by atoms with van der Waals surface area (Å²) in [5, 5.41) is 9.60. The van der Waals surface area contributed by atoms with Crippen molar-refractivity contribution in [3.63, 3.8) is 0 Å². The molecule has 0 bridgehead atoms. The molecule has 1 spiro atoms. The van der Waals surface area contributed by atoms with Gasteiger partial charge in [-0.3, -0.25) is 0 Å². The molecule has 12 heavy (non-hydrogen) atoms. The molecule has 2 rings (SSSR count). The fourth-order valence-electron chi connectivity index (χ4n) is 2.30. The Labute approximate surface area is 71.7 Å². The van der Waals surface area contributed by atoms with Gasteiger partial charge >= 0.3 is 5.97 Å². The van der Waals surface area contributed by atoms with E-state index in [1.165, 1.54) is 6.42 Å². The first kappa shape index (κ1) is 8.05. The molecule has 1 aliphatic carbocycles. The Bertz CT molecular complexity index is 194. The summed E-state index contributed by atoms with van der Waals surface area (Å²) in [6.45, 7) is 0.438. The van der Waals surface area contributed by atoms with Gasteiger partial charge in [-0.2, -0.15) is 0 Å². The van der Waals surface area contributed by atoms with Crippen LogP contribution in [0.4, 0.5) is 0 Å². The summed E-state index contributed by atoms with van der Waals surface area (Å²) >= 11 is 0. The summed E-state index contributed by atoms with van der Waals surface area (Å²) in [7, 11) is 0. The molecule has 1 atom stereocenters. The smallest absolute Gasteiger partial charge is 0.335 e. The number of cyclic esters (lactones) is 1. The summed E-state index contributed by atoms with van der Waals surface area (Å²) in [4.78, 5) is 11.0. The van der Waals surface area contributed by atoms with E-state index >= 15 is 0 Å². The van der Waals surface area contributed by atoms with Crippen LogP contribution in [0.2, 0.25) is 0 Å². The Hall–Kier alpha value is -0.570. The van der Waals surface area contributed by atoms with Crippen LogP contribution in [0.1, 0.15) is 32.1 Å². The standard InChI is InChI=1S/C9H14O3/c10-7-8(11)12-6-9(7)4-2-1-3-5-9/h7,10H,1-6H2/t7-/m0/s1. The average molecular weight is 170 g/mol. The maximum atomic E-state index is 11.0. The van der Waals surface area contributed by atoms with Crippen LogP contribution in [-0.4, -0.2) is 23.8 Å². The van der Waals surface area contributed by atoms with Crippen molar-refractivity contribution in [1.29, 1.82) is 0 Å². The first-order chi connectivity index (χ1) is 5.75. The summed E-state index contributed by atoms with van der Waals surface area (Å²) < 4.78 is 4.87. The summed E-state index contributed by atoms with van der Waals surface area (Å²) in [6.07, 6.45) is 4.50. The highest BCUT2D eigenvalue weighted by molar-refractivity contribution is 5.77. The van der Waals surface area contributed by atoms with Gasteiger partial charge in [0.05, 0.1) is 0 Å². The van der Waals surface area contributed by atoms with Gasteiger partial charge in [0.1, 0.15) is 6.61 Å². The monoisotopic (exact) mass is 170 g/mol. The lowest BCUT2D eigenvalue weighted by molar-refractivity contribution is -0.145. The minimum atomic E-state index is -0.849. The van der Waals surface area contributed by atoms with Crippen LogP contribution in [0.5, 0.6) is 0 Å². The first-order valence-electron chi connectivity index (χ1n) is 4.59. The van der Waals surface area contributed by atoms with Gasteiger partial charge in [0.2, 0.25) is 0 Å². The molecule has 1 N–H and O–H groups in total. The van der Waals surface area contributed by atoms with Crippen LogP contribution in [0.25, 0.3) is 0 Å². The van der Waals surface area contributed by atoms with E-state index in [9.17, 15) is 9.90 Å². The van der Waals surface area contributed by atoms with E-state index in [0.29, 0.717) is 6.61 Å². The van der Waals surface area contributed by atoms with Crippen molar-refractivity contribution in [3.05, 3.63) is 0 Å². The topological polar surface area (TPSA) is 46.5 Å². The lowest BCUT2D eigenvalue weighted by Crippen LogP contribution is -2.37. The van der Waals surface area contributed by atoms with Crippen LogP contribution in [-0.2, 0) is 9.53 Å². The quantitative estimate of drug-likeness (QED) is 0.548. The van der Waals surface area contributed by atoms with Crippen LogP contribution >= 0.6 is 0 Å². The Morgan fingerprint density at radius 2 is 2.00 bits per heavy atom. The van der Waals surface area contributed by atoms with Gasteiger partial charge in [-0.1, -0.05) is 19.3 Å². The summed E-state index contributed by atoms with van der Waals surface area (Å²) in [6, 6.07) is 0. The normalized spacial score (nSPS) is 33.8. The van der Waals surface area contributed by atoms with Gasteiger partial charge in [-0.05, 0) is 12.8 Å². The van der Waals surface area contributed by atoms with E-state index in [-0.39, 0.29) is 5.41 Å². The summed E-state index contributed by atoms with van der Waals surface area (Å²) in [5.41, 5.74) is -0.213. The number of aliphatic hydroxyl groups excluding tert-OH is 1. The molecule has 3 heteroatoms.